The second kappa shape index (κ2) is 5.76. The average molecular weight is 207 g/mol. The SMILES string of the molecule is Cc1ccccc1N(C)CCCC(C)O. The Hall–Kier alpha value is -1.02. The Labute approximate surface area is 92.5 Å². The van der Waals surface area contributed by atoms with Crippen molar-refractivity contribution in [2.45, 2.75) is 32.8 Å². The minimum atomic E-state index is -0.185. The van der Waals surface area contributed by atoms with Crippen molar-refractivity contribution in [1.29, 1.82) is 0 Å². The lowest BCUT2D eigenvalue weighted by atomic mass is 10.1. The lowest BCUT2D eigenvalue weighted by molar-refractivity contribution is 0.182. The quantitative estimate of drug-likeness (QED) is 0.802. The Bertz CT molecular complexity index is 296. The summed E-state index contributed by atoms with van der Waals surface area (Å²) in [7, 11) is 2.10. The van der Waals surface area contributed by atoms with Gasteiger partial charge in [-0.05, 0) is 38.3 Å². The first kappa shape index (κ1) is 12.1. The van der Waals surface area contributed by atoms with E-state index in [0.29, 0.717) is 0 Å². The van der Waals surface area contributed by atoms with Gasteiger partial charge in [0.15, 0.2) is 0 Å². The summed E-state index contributed by atoms with van der Waals surface area (Å²) in [6.07, 6.45) is 1.72. The maximum atomic E-state index is 9.17. The second-order valence-electron chi connectivity index (χ2n) is 4.20. The summed E-state index contributed by atoms with van der Waals surface area (Å²) < 4.78 is 0. The van der Waals surface area contributed by atoms with Crippen molar-refractivity contribution >= 4 is 5.69 Å². The largest absolute Gasteiger partial charge is 0.393 e. The van der Waals surface area contributed by atoms with E-state index in [-0.39, 0.29) is 6.10 Å². The van der Waals surface area contributed by atoms with E-state index in [9.17, 15) is 5.11 Å². The molecule has 0 heterocycles. The summed E-state index contributed by atoms with van der Waals surface area (Å²) in [5.74, 6) is 0. The third-order valence-corrected chi connectivity index (χ3v) is 2.64. The number of rotatable bonds is 5. The topological polar surface area (TPSA) is 23.5 Å². The predicted octanol–water partition coefficient (Wildman–Crippen LogP) is 2.59. The Balaban J connectivity index is 2.47. The number of hydrogen-bond donors (Lipinski definition) is 1. The molecule has 0 fully saturated rings. The molecule has 2 nitrogen and oxygen atoms in total. The molecule has 0 aliphatic rings. The number of hydrogen-bond acceptors (Lipinski definition) is 2. The maximum Gasteiger partial charge on any atom is 0.0512 e. The zero-order chi connectivity index (χ0) is 11.3. The molecule has 1 atom stereocenters. The van der Waals surface area contributed by atoms with Crippen LogP contribution in [0, 0.1) is 6.92 Å². The van der Waals surface area contributed by atoms with E-state index in [2.05, 4.69) is 43.1 Å². The molecule has 0 saturated carbocycles. The van der Waals surface area contributed by atoms with Crippen molar-refractivity contribution < 1.29 is 5.11 Å². The zero-order valence-corrected chi connectivity index (χ0v) is 9.90. The van der Waals surface area contributed by atoms with Crippen LogP contribution in [0.1, 0.15) is 25.3 Å². The van der Waals surface area contributed by atoms with Gasteiger partial charge in [0, 0.05) is 19.3 Å². The molecule has 1 N–H and O–H groups in total. The van der Waals surface area contributed by atoms with Crippen LogP contribution in [0.15, 0.2) is 24.3 Å². The standard InChI is InChI=1S/C13H21NO/c1-11-7-4-5-9-13(11)14(3)10-6-8-12(2)15/h4-5,7,9,12,15H,6,8,10H2,1-3H3. The van der Waals surface area contributed by atoms with Gasteiger partial charge in [-0.15, -0.1) is 0 Å². The van der Waals surface area contributed by atoms with Crippen molar-refractivity contribution in [2.24, 2.45) is 0 Å². The van der Waals surface area contributed by atoms with Gasteiger partial charge in [0.1, 0.15) is 0 Å². The fraction of sp³-hybridized carbons (Fsp3) is 0.538. The summed E-state index contributed by atoms with van der Waals surface area (Å²) in [4.78, 5) is 2.25. The molecule has 15 heavy (non-hydrogen) atoms. The van der Waals surface area contributed by atoms with E-state index < -0.39 is 0 Å². The fourth-order valence-corrected chi connectivity index (χ4v) is 1.74. The normalized spacial score (nSPS) is 12.5. The average Bonchev–Trinajstić information content (AvgIpc) is 2.17. The smallest absolute Gasteiger partial charge is 0.0512 e. The molecule has 0 spiro atoms. The van der Waals surface area contributed by atoms with E-state index in [1.54, 1.807) is 0 Å². The number of aliphatic hydroxyl groups excluding tert-OH is 1. The van der Waals surface area contributed by atoms with E-state index in [1.165, 1.54) is 11.3 Å². The molecule has 2 heteroatoms. The molecule has 1 rings (SSSR count). The fourth-order valence-electron chi connectivity index (χ4n) is 1.74. The van der Waals surface area contributed by atoms with Crippen LogP contribution in [-0.2, 0) is 0 Å². The third kappa shape index (κ3) is 3.92. The van der Waals surface area contributed by atoms with Gasteiger partial charge in [-0.25, -0.2) is 0 Å². The van der Waals surface area contributed by atoms with Crippen LogP contribution in [-0.4, -0.2) is 24.8 Å². The van der Waals surface area contributed by atoms with Crippen LogP contribution < -0.4 is 4.90 Å². The minimum absolute atomic E-state index is 0.185. The van der Waals surface area contributed by atoms with E-state index >= 15 is 0 Å². The van der Waals surface area contributed by atoms with Crippen LogP contribution in [0.4, 0.5) is 5.69 Å². The number of nitrogens with zero attached hydrogens (tertiary/aromatic N) is 1. The van der Waals surface area contributed by atoms with Gasteiger partial charge in [0.05, 0.1) is 6.10 Å². The summed E-state index contributed by atoms with van der Waals surface area (Å²) in [6.45, 7) is 4.96. The summed E-state index contributed by atoms with van der Waals surface area (Å²) in [5.41, 5.74) is 2.58. The zero-order valence-electron chi connectivity index (χ0n) is 9.90. The minimum Gasteiger partial charge on any atom is -0.393 e. The first-order chi connectivity index (χ1) is 7.11. The van der Waals surface area contributed by atoms with Crippen molar-refractivity contribution in [3.05, 3.63) is 29.8 Å². The van der Waals surface area contributed by atoms with E-state index in [4.69, 9.17) is 0 Å². The van der Waals surface area contributed by atoms with Crippen LogP contribution in [0.25, 0.3) is 0 Å². The molecule has 0 radical (unpaired) electrons. The molecule has 1 aromatic rings. The maximum absolute atomic E-state index is 9.17. The molecule has 0 aromatic heterocycles. The highest BCUT2D eigenvalue weighted by Crippen LogP contribution is 2.18. The van der Waals surface area contributed by atoms with Crippen LogP contribution in [0.3, 0.4) is 0 Å². The Morgan fingerprint density at radius 3 is 2.60 bits per heavy atom. The highest BCUT2D eigenvalue weighted by atomic mass is 16.3. The molecule has 0 amide bonds. The van der Waals surface area contributed by atoms with Gasteiger partial charge < -0.3 is 10.0 Å². The monoisotopic (exact) mass is 207 g/mol. The Morgan fingerprint density at radius 2 is 2.00 bits per heavy atom. The van der Waals surface area contributed by atoms with Crippen molar-refractivity contribution in [1.82, 2.24) is 0 Å². The highest BCUT2D eigenvalue weighted by molar-refractivity contribution is 5.52. The van der Waals surface area contributed by atoms with Gasteiger partial charge in [-0.1, -0.05) is 18.2 Å². The van der Waals surface area contributed by atoms with Crippen molar-refractivity contribution in [3.63, 3.8) is 0 Å². The van der Waals surface area contributed by atoms with E-state index in [1.807, 2.05) is 6.92 Å². The Kier molecular flexibility index (Phi) is 4.63. The molecule has 84 valence electrons. The number of aliphatic hydroxyl groups is 1. The molecule has 1 aromatic carbocycles. The van der Waals surface area contributed by atoms with Crippen LogP contribution in [0.5, 0.6) is 0 Å². The van der Waals surface area contributed by atoms with Gasteiger partial charge in [-0.2, -0.15) is 0 Å². The molecule has 0 aliphatic carbocycles. The number of anilines is 1. The number of benzene rings is 1. The van der Waals surface area contributed by atoms with Crippen LogP contribution in [0.2, 0.25) is 0 Å². The first-order valence-corrected chi connectivity index (χ1v) is 5.56. The van der Waals surface area contributed by atoms with Gasteiger partial charge in [-0.3, -0.25) is 0 Å². The molecule has 0 saturated heterocycles. The Morgan fingerprint density at radius 1 is 1.33 bits per heavy atom. The molecular weight excluding hydrogens is 186 g/mol. The summed E-state index contributed by atoms with van der Waals surface area (Å²) in [6, 6.07) is 8.38. The van der Waals surface area contributed by atoms with Gasteiger partial charge in [0.2, 0.25) is 0 Å². The van der Waals surface area contributed by atoms with E-state index in [0.717, 1.165) is 19.4 Å². The predicted molar refractivity (Wildman–Crippen MR) is 65.4 cm³/mol. The third-order valence-electron chi connectivity index (χ3n) is 2.64. The summed E-state index contributed by atoms with van der Waals surface area (Å²) >= 11 is 0. The number of aryl methyl sites for hydroxylation is 1. The van der Waals surface area contributed by atoms with Crippen molar-refractivity contribution in [2.75, 3.05) is 18.5 Å². The molecule has 0 bridgehead atoms. The highest BCUT2D eigenvalue weighted by Gasteiger charge is 2.03. The number of para-hydroxylation sites is 1. The molecular formula is C13H21NO. The lowest BCUT2D eigenvalue weighted by Crippen LogP contribution is -2.20. The van der Waals surface area contributed by atoms with Gasteiger partial charge in [0.25, 0.3) is 0 Å². The summed E-state index contributed by atoms with van der Waals surface area (Å²) in [5, 5.41) is 9.17. The van der Waals surface area contributed by atoms with Crippen molar-refractivity contribution in [3.8, 4) is 0 Å². The van der Waals surface area contributed by atoms with Crippen LogP contribution >= 0.6 is 0 Å². The van der Waals surface area contributed by atoms with Gasteiger partial charge >= 0.3 is 0 Å². The second-order valence-corrected chi connectivity index (χ2v) is 4.20. The molecule has 1 unspecified atom stereocenters. The first-order valence-electron chi connectivity index (χ1n) is 5.56. The lowest BCUT2D eigenvalue weighted by Gasteiger charge is -2.21. The molecule has 0 aliphatic heterocycles.